The third-order valence-corrected chi connectivity index (χ3v) is 10.2. The predicted molar refractivity (Wildman–Crippen MR) is 178 cm³/mol. The highest BCUT2D eigenvalue weighted by Crippen LogP contribution is 2.53. The van der Waals surface area contributed by atoms with Crippen LogP contribution >= 0.6 is 34.7 Å². The van der Waals surface area contributed by atoms with Crippen LogP contribution in [0.15, 0.2) is 76.6 Å². The lowest BCUT2D eigenvalue weighted by Gasteiger charge is -2.30. The number of benzene rings is 3. The minimum Gasteiger partial charge on any atom is -0.490 e. The van der Waals surface area contributed by atoms with Crippen LogP contribution in [0, 0.1) is 5.92 Å². The van der Waals surface area contributed by atoms with E-state index in [9.17, 15) is 24.0 Å². The highest BCUT2D eigenvalue weighted by atomic mass is 35.5. The Balaban J connectivity index is 1.29. The molecule has 3 atom stereocenters. The molecule has 3 heterocycles. The Morgan fingerprint density at radius 2 is 1.66 bits per heavy atom. The zero-order valence-corrected chi connectivity index (χ0v) is 27.5. The Bertz CT molecular complexity index is 1910. The molecule has 6 rings (SSSR count). The lowest BCUT2D eigenvalue weighted by molar-refractivity contribution is -0.122. The molecule has 47 heavy (non-hydrogen) atoms. The van der Waals surface area contributed by atoms with Gasteiger partial charge in [0.2, 0.25) is 11.8 Å². The molecule has 0 spiro atoms. The molecule has 0 radical (unpaired) electrons. The Morgan fingerprint density at radius 3 is 2.36 bits per heavy atom. The number of halogens is 1. The van der Waals surface area contributed by atoms with E-state index in [2.05, 4.69) is 10.3 Å². The van der Waals surface area contributed by atoms with Crippen LogP contribution in [0.5, 0.6) is 11.5 Å². The summed E-state index contributed by atoms with van der Waals surface area (Å²) in [7, 11) is 0. The number of rotatable bonds is 10. The average Bonchev–Trinajstić information content (AvgIpc) is 3.55. The quantitative estimate of drug-likeness (QED) is 0.163. The van der Waals surface area contributed by atoms with Crippen molar-refractivity contribution in [2.24, 2.45) is 5.92 Å². The van der Waals surface area contributed by atoms with Crippen molar-refractivity contribution in [3.05, 3.63) is 97.4 Å². The number of nitrogens with zero attached hydrogens (tertiary/aromatic N) is 1. The molecule has 0 bridgehead atoms. The zero-order valence-electron chi connectivity index (χ0n) is 25.1. The van der Waals surface area contributed by atoms with Crippen molar-refractivity contribution in [1.82, 2.24) is 4.98 Å². The van der Waals surface area contributed by atoms with E-state index in [1.807, 2.05) is 0 Å². The molecule has 4 aromatic rings. The first-order valence-corrected chi connectivity index (χ1v) is 16.8. The van der Waals surface area contributed by atoms with Crippen molar-refractivity contribution in [1.29, 1.82) is 0 Å². The number of esters is 1. The summed E-state index contributed by atoms with van der Waals surface area (Å²) in [6, 6.07) is 17.9. The van der Waals surface area contributed by atoms with Gasteiger partial charge in [0.25, 0.3) is 5.91 Å². The van der Waals surface area contributed by atoms with Gasteiger partial charge in [0.15, 0.2) is 18.1 Å². The molecule has 1 aromatic heterocycles. The van der Waals surface area contributed by atoms with Gasteiger partial charge in [-0.1, -0.05) is 40.8 Å². The molecule has 14 heteroatoms. The second kappa shape index (κ2) is 13.6. The smallest absolute Gasteiger partial charge is 0.338 e. The monoisotopic (exact) mass is 693 g/mol. The number of imide groups is 1. The molecule has 2 aliphatic rings. The Morgan fingerprint density at radius 1 is 0.915 bits per heavy atom. The number of fused-ring (bicyclic) bond motifs is 2. The highest BCUT2D eigenvalue weighted by Gasteiger charge is 2.56. The van der Waals surface area contributed by atoms with Crippen LogP contribution in [-0.4, -0.2) is 53.7 Å². The van der Waals surface area contributed by atoms with Gasteiger partial charge in [-0.25, -0.2) is 9.69 Å². The second-order valence-corrected chi connectivity index (χ2v) is 13.1. The summed E-state index contributed by atoms with van der Waals surface area (Å²) in [5.41, 5.74) is 1.83. The van der Waals surface area contributed by atoms with Gasteiger partial charge < -0.3 is 24.5 Å². The van der Waals surface area contributed by atoms with Gasteiger partial charge in [-0.3, -0.25) is 19.2 Å². The van der Waals surface area contributed by atoms with Crippen LogP contribution in [0.2, 0.25) is 5.02 Å². The summed E-state index contributed by atoms with van der Waals surface area (Å²) < 4.78 is 16.7. The topological polar surface area (TPSA) is 144 Å². The van der Waals surface area contributed by atoms with Crippen molar-refractivity contribution < 1.29 is 33.4 Å². The third-order valence-electron chi connectivity index (χ3n) is 7.57. The SMILES string of the molecule is CCOC(=O)c1ccc(N2C(=O)C3Sc4[nH]c(=O)sc4C(c4ccc(OCC(=O)Nc5ccc(Cl)cc5)c(OCC)c4)C3C2=O)cc1. The first-order chi connectivity index (χ1) is 22.7. The number of hydrogen-bond acceptors (Lipinski definition) is 10. The summed E-state index contributed by atoms with van der Waals surface area (Å²) in [6.45, 7) is 3.72. The first-order valence-electron chi connectivity index (χ1n) is 14.7. The van der Waals surface area contributed by atoms with Gasteiger partial charge in [-0.2, -0.15) is 0 Å². The van der Waals surface area contributed by atoms with Crippen LogP contribution in [0.3, 0.4) is 0 Å². The number of aromatic nitrogens is 1. The van der Waals surface area contributed by atoms with Gasteiger partial charge in [0.1, 0.15) is 5.25 Å². The molecule has 2 N–H and O–H groups in total. The molecular weight excluding hydrogens is 666 g/mol. The van der Waals surface area contributed by atoms with Crippen molar-refractivity contribution in [2.45, 2.75) is 30.0 Å². The Hall–Kier alpha value is -4.59. The van der Waals surface area contributed by atoms with E-state index in [1.54, 1.807) is 68.4 Å². The minimum atomic E-state index is -0.831. The van der Waals surface area contributed by atoms with E-state index >= 15 is 0 Å². The highest BCUT2D eigenvalue weighted by molar-refractivity contribution is 8.00. The van der Waals surface area contributed by atoms with Gasteiger partial charge in [-0.05, 0) is 80.1 Å². The van der Waals surface area contributed by atoms with Gasteiger partial charge >= 0.3 is 10.8 Å². The lowest BCUT2D eigenvalue weighted by Crippen LogP contribution is -2.32. The second-order valence-electron chi connectivity index (χ2n) is 10.5. The summed E-state index contributed by atoms with van der Waals surface area (Å²) in [6.07, 6.45) is 0. The van der Waals surface area contributed by atoms with Crippen LogP contribution in [-0.2, 0) is 19.1 Å². The summed E-state index contributed by atoms with van der Waals surface area (Å²) in [4.78, 5) is 69.4. The van der Waals surface area contributed by atoms with E-state index in [0.29, 0.717) is 55.5 Å². The molecule has 3 unspecified atom stereocenters. The number of ether oxygens (including phenoxy) is 3. The fourth-order valence-electron chi connectivity index (χ4n) is 5.57. The number of nitrogens with one attached hydrogen (secondary N) is 2. The summed E-state index contributed by atoms with van der Waals surface area (Å²) >= 11 is 8.07. The van der Waals surface area contributed by atoms with E-state index in [0.717, 1.165) is 28.0 Å². The molecule has 3 amide bonds. The number of thiazole rings is 1. The van der Waals surface area contributed by atoms with E-state index in [-0.39, 0.29) is 18.1 Å². The Labute approximate surface area is 282 Å². The van der Waals surface area contributed by atoms with Gasteiger partial charge in [-0.15, -0.1) is 0 Å². The van der Waals surface area contributed by atoms with E-state index < -0.39 is 40.8 Å². The number of hydrogen-bond donors (Lipinski definition) is 2. The number of thioether (sulfide) groups is 1. The van der Waals surface area contributed by atoms with Crippen LogP contribution in [0.1, 0.15) is 40.6 Å². The summed E-state index contributed by atoms with van der Waals surface area (Å²) in [5.74, 6) is -2.58. The number of carbonyl (C=O) groups excluding carboxylic acids is 4. The first kappa shape index (κ1) is 32.4. The van der Waals surface area contributed by atoms with Gasteiger partial charge in [0.05, 0.1) is 35.4 Å². The largest absolute Gasteiger partial charge is 0.490 e. The Kier molecular flexibility index (Phi) is 9.39. The molecule has 1 saturated heterocycles. The maximum absolute atomic E-state index is 14.1. The molecule has 0 saturated carbocycles. The number of amides is 3. The minimum absolute atomic E-state index is 0.218. The number of carbonyl (C=O) groups is 4. The fourth-order valence-corrected chi connectivity index (χ4v) is 8.21. The van der Waals surface area contributed by atoms with Crippen LogP contribution in [0.25, 0.3) is 0 Å². The maximum Gasteiger partial charge on any atom is 0.338 e. The molecule has 242 valence electrons. The van der Waals surface area contributed by atoms with Crippen molar-refractivity contribution in [3.63, 3.8) is 0 Å². The maximum atomic E-state index is 14.1. The van der Waals surface area contributed by atoms with Crippen LogP contribution < -0.4 is 24.6 Å². The molecule has 0 aliphatic carbocycles. The van der Waals surface area contributed by atoms with Gasteiger partial charge in [0, 0.05) is 21.5 Å². The zero-order chi connectivity index (χ0) is 33.2. The van der Waals surface area contributed by atoms with Crippen molar-refractivity contribution in [2.75, 3.05) is 30.0 Å². The van der Waals surface area contributed by atoms with Crippen molar-refractivity contribution in [3.8, 4) is 11.5 Å². The normalized spacial score (nSPS) is 18.4. The van der Waals surface area contributed by atoms with Crippen LogP contribution in [0.4, 0.5) is 11.4 Å². The predicted octanol–water partition coefficient (Wildman–Crippen LogP) is 5.48. The standard InChI is InChI=1S/C33H28ClN3O8S2/c1-3-43-23-15-18(7-14-22(23)45-16-24(38)35-20-10-8-19(34)9-11-20)25-26-28(46-29-27(25)47-33(42)36-29)31(40)37(30(26)39)21-12-5-17(6-13-21)32(41)44-4-2/h5-15,25-26,28H,3-4,16H2,1-2H3,(H,35,38)(H,36,42). The fraction of sp³-hybridized carbons (Fsp3) is 0.242. The third kappa shape index (κ3) is 6.51. The van der Waals surface area contributed by atoms with E-state index in [4.69, 9.17) is 25.8 Å². The number of anilines is 2. The molecule has 2 aliphatic heterocycles. The molecule has 1 fully saturated rings. The lowest BCUT2D eigenvalue weighted by atomic mass is 9.83. The molecule has 11 nitrogen and oxygen atoms in total. The number of aromatic amines is 1. The molecule has 3 aromatic carbocycles. The number of H-pyrrole nitrogens is 1. The van der Waals surface area contributed by atoms with Crippen molar-refractivity contribution >= 4 is 69.8 Å². The van der Waals surface area contributed by atoms with E-state index in [1.165, 1.54) is 12.1 Å². The average molecular weight is 694 g/mol. The summed E-state index contributed by atoms with van der Waals surface area (Å²) in [5, 5.41) is 3.01. The molecular formula is C33H28ClN3O8S2.